The molecule has 2 aromatic rings. The molecule has 1 fully saturated rings. The fourth-order valence-electron chi connectivity index (χ4n) is 3.57. The van der Waals surface area contributed by atoms with Crippen LogP contribution >= 0.6 is 0 Å². The molecule has 0 aliphatic carbocycles. The molecule has 3 rings (SSSR count). The Labute approximate surface area is 139 Å². The molecule has 2 N–H and O–H groups in total. The zero-order valence-electron chi connectivity index (χ0n) is 14.5. The molecule has 0 radical (unpaired) electrons. The normalized spacial score (nSPS) is 15.9. The predicted octanol–water partition coefficient (Wildman–Crippen LogP) is 4.08. The summed E-state index contributed by atoms with van der Waals surface area (Å²) in [6, 6.07) is 6.60. The number of aryl methyl sites for hydroxylation is 2. The molecule has 23 heavy (non-hydrogen) atoms. The monoisotopic (exact) mass is 311 g/mol. The van der Waals surface area contributed by atoms with Crippen LogP contribution in [0.3, 0.4) is 0 Å². The average molecular weight is 311 g/mol. The SMILES string of the molecule is C=C(NCCN1CCCCC1)c1ccc2[nH]c(CC)c(C)c2c1. The number of H-pyrrole nitrogens is 1. The number of aromatic amines is 1. The van der Waals surface area contributed by atoms with Gasteiger partial charge in [-0.3, -0.25) is 0 Å². The third kappa shape index (κ3) is 3.61. The van der Waals surface area contributed by atoms with Gasteiger partial charge in [-0.15, -0.1) is 0 Å². The molecule has 0 bridgehead atoms. The number of fused-ring (bicyclic) bond motifs is 1. The average Bonchev–Trinajstić information content (AvgIpc) is 2.91. The molecule has 2 heterocycles. The number of nitrogens with zero attached hydrogens (tertiary/aromatic N) is 1. The van der Waals surface area contributed by atoms with Crippen molar-refractivity contribution in [2.45, 2.75) is 39.5 Å². The summed E-state index contributed by atoms with van der Waals surface area (Å²) >= 11 is 0. The number of piperidine rings is 1. The maximum atomic E-state index is 4.23. The highest BCUT2D eigenvalue weighted by molar-refractivity contribution is 5.87. The van der Waals surface area contributed by atoms with Crippen molar-refractivity contribution in [3.05, 3.63) is 41.6 Å². The Balaban J connectivity index is 1.62. The third-order valence-corrected chi connectivity index (χ3v) is 5.08. The first-order valence-electron chi connectivity index (χ1n) is 8.95. The highest BCUT2D eigenvalue weighted by Gasteiger charge is 2.10. The van der Waals surface area contributed by atoms with Crippen molar-refractivity contribution in [1.82, 2.24) is 15.2 Å². The molecule has 3 heteroatoms. The minimum Gasteiger partial charge on any atom is -0.384 e. The highest BCUT2D eigenvalue weighted by Crippen LogP contribution is 2.25. The van der Waals surface area contributed by atoms with Gasteiger partial charge < -0.3 is 15.2 Å². The van der Waals surface area contributed by atoms with Crippen LogP contribution in [0.4, 0.5) is 0 Å². The Bertz CT molecular complexity index is 677. The Kier molecular flexibility index (Phi) is 5.06. The van der Waals surface area contributed by atoms with Gasteiger partial charge in [0.15, 0.2) is 0 Å². The van der Waals surface area contributed by atoms with Crippen LogP contribution in [0.2, 0.25) is 0 Å². The largest absolute Gasteiger partial charge is 0.384 e. The molecule has 0 amide bonds. The number of likely N-dealkylation sites (tertiary alicyclic amines) is 1. The lowest BCUT2D eigenvalue weighted by molar-refractivity contribution is 0.232. The molecule has 0 unspecified atom stereocenters. The molecule has 1 aromatic carbocycles. The standard InChI is InChI=1S/C20H29N3/c1-4-19-15(2)18-14-17(8-9-20(18)22-19)16(3)21-10-13-23-11-6-5-7-12-23/h8-9,14,21-22H,3-7,10-13H2,1-2H3. The van der Waals surface area contributed by atoms with E-state index in [4.69, 9.17) is 0 Å². The lowest BCUT2D eigenvalue weighted by atomic mass is 10.1. The number of hydrogen-bond donors (Lipinski definition) is 2. The van der Waals surface area contributed by atoms with Gasteiger partial charge in [-0.2, -0.15) is 0 Å². The maximum Gasteiger partial charge on any atom is 0.0459 e. The summed E-state index contributed by atoms with van der Waals surface area (Å²) in [5, 5.41) is 4.82. The van der Waals surface area contributed by atoms with Crippen molar-refractivity contribution in [2.24, 2.45) is 0 Å². The molecular formula is C20H29N3. The number of rotatable bonds is 6. The van der Waals surface area contributed by atoms with Crippen LogP contribution in [0.1, 0.15) is 43.0 Å². The van der Waals surface area contributed by atoms with Gasteiger partial charge in [0.1, 0.15) is 0 Å². The fraction of sp³-hybridized carbons (Fsp3) is 0.500. The first kappa shape index (κ1) is 16.1. The zero-order valence-corrected chi connectivity index (χ0v) is 14.5. The maximum absolute atomic E-state index is 4.23. The van der Waals surface area contributed by atoms with E-state index in [-0.39, 0.29) is 0 Å². The fourth-order valence-corrected chi connectivity index (χ4v) is 3.57. The molecule has 1 saturated heterocycles. The van der Waals surface area contributed by atoms with E-state index >= 15 is 0 Å². The van der Waals surface area contributed by atoms with Crippen molar-refractivity contribution in [1.29, 1.82) is 0 Å². The number of nitrogens with one attached hydrogen (secondary N) is 2. The van der Waals surface area contributed by atoms with Crippen LogP contribution in [0.15, 0.2) is 24.8 Å². The second kappa shape index (κ2) is 7.22. The lowest BCUT2D eigenvalue weighted by Gasteiger charge is -2.26. The van der Waals surface area contributed by atoms with Crippen LogP contribution in [0.25, 0.3) is 16.6 Å². The number of benzene rings is 1. The molecule has 124 valence electrons. The molecule has 0 spiro atoms. The lowest BCUT2D eigenvalue weighted by Crippen LogP contribution is -2.35. The summed E-state index contributed by atoms with van der Waals surface area (Å²) in [5.41, 5.74) is 6.15. The Morgan fingerprint density at radius 3 is 2.78 bits per heavy atom. The first-order chi connectivity index (χ1) is 11.2. The van der Waals surface area contributed by atoms with E-state index in [9.17, 15) is 0 Å². The van der Waals surface area contributed by atoms with Gasteiger partial charge in [-0.1, -0.05) is 26.0 Å². The molecule has 1 aliphatic rings. The highest BCUT2D eigenvalue weighted by atomic mass is 15.1. The van der Waals surface area contributed by atoms with E-state index in [1.54, 1.807) is 0 Å². The summed E-state index contributed by atoms with van der Waals surface area (Å²) in [7, 11) is 0. The van der Waals surface area contributed by atoms with E-state index in [1.165, 1.54) is 60.1 Å². The van der Waals surface area contributed by atoms with Crippen molar-refractivity contribution in [3.63, 3.8) is 0 Å². The van der Waals surface area contributed by atoms with Crippen LogP contribution in [0.5, 0.6) is 0 Å². The summed E-state index contributed by atoms with van der Waals surface area (Å²) in [4.78, 5) is 6.06. The minimum absolute atomic E-state index is 0.975. The molecule has 0 saturated carbocycles. The van der Waals surface area contributed by atoms with Crippen molar-refractivity contribution >= 4 is 16.6 Å². The van der Waals surface area contributed by atoms with Crippen molar-refractivity contribution in [2.75, 3.05) is 26.2 Å². The minimum atomic E-state index is 0.975. The van der Waals surface area contributed by atoms with E-state index < -0.39 is 0 Å². The van der Waals surface area contributed by atoms with Gasteiger partial charge in [0.25, 0.3) is 0 Å². The zero-order chi connectivity index (χ0) is 16.2. The van der Waals surface area contributed by atoms with Gasteiger partial charge in [-0.25, -0.2) is 0 Å². The first-order valence-corrected chi connectivity index (χ1v) is 8.95. The summed E-state index contributed by atoms with van der Waals surface area (Å²) < 4.78 is 0. The molecular weight excluding hydrogens is 282 g/mol. The summed E-state index contributed by atoms with van der Waals surface area (Å²) in [5.74, 6) is 0. The van der Waals surface area contributed by atoms with E-state index in [2.05, 4.69) is 53.8 Å². The van der Waals surface area contributed by atoms with Crippen LogP contribution in [0, 0.1) is 6.92 Å². The molecule has 0 atom stereocenters. The molecule has 3 nitrogen and oxygen atoms in total. The third-order valence-electron chi connectivity index (χ3n) is 5.08. The smallest absolute Gasteiger partial charge is 0.0459 e. The summed E-state index contributed by atoms with van der Waals surface area (Å²) in [6.45, 7) is 13.2. The van der Waals surface area contributed by atoms with Crippen molar-refractivity contribution in [3.8, 4) is 0 Å². The quantitative estimate of drug-likeness (QED) is 0.842. The molecule has 1 aromatic heterocycles. The van der Waals surface area contributed by atoms with E-state index in [0.717, 1.165) is 25.2 Å². The van der Waals surface area contributed by atoms with Crippen molar-refractivity contribution < 1.29 is 0 Å². The number of hydrogen-bond acceptors (Lipinski definition) is 2. The summed E-state index contributed by atoms with van der Waals surface area (Å²) in [6.07, 6.45) is 5.14. The van der Waals surface area contributed by atoms with E-state index in [0.29, 0.717) is 0 Å². The Morgan fingerprint density at radius 2 is 2.04 bits per heavy atom. The van der Waals surface area contributed by atoms with Gasteiger partial charge in [-0.05, 0) is 62.5 Å². The number of aromatic nitrogens is 1. The molecule has 1 aliphatic heterocycles. The second-order valence-corrected chi connectivity index (χ2v) is 6.65. The van der Waals surface area contributed by atoms with Gasteiger partial charge in [0.05, 0.1) is 0 Å². The topological polar surface area (TPSA) is 31.1 Å². The Hall–Kier alpha value is -1.74. The Morgan fingerprint density at radius 1 is 1.26 bits per heavy atom. The van der Waals surface area contributed by atoms with Gasteiger partial charge in [0, 0.05) is 35.4 Å². The van der Waals surface area contributed by atoms with Gasteiger partial charge >= 0.3 is 0 Å². The van der Waals surface area contributed by atoms with Crippen LogP contribution in [-0.2, 0) is 6.42 Å². The predicted molar refractivity (Wildman–Crippen MR) is 99.7 cm³/mol. The van der Waals surface area contributed by atoms with Gasteiger partial charge in [0.2, 0.25) is 0 Å². The van der Waals surface area contributed by atoms with Crippen LogP contribution < -0.4 is 5.32 Å². The van der Waals surface area contributed by atoms with Crippen LogP contribution in [-0.4, -0.2) is 36.1 Å². The van der Waals surface area contributed by atoms with E-state index in [1.807, 2.05) is 0 Å². The second-order valence-electron chi connectivity index (χ2n) is 6.65.